The summed E-state index contributed by atoms with van der Waals surface area (Å²) in [6, 6.07) is 6.69. The first-order valence-electron chi connectivity index (χ1n) is 5.43. The second-order valence-electron chi connectivity index (χ2n) is 3.80. The highest BCUT2D eigenvalue weighted by atomic mass is 35.5. The molecular formula is C12H11Cl2N3O2. The van der Waals surface area contributed by atoms with Crippen molar-refractivity contribution < 1.29 is 9.53 Å². The topological polar surface area (TPSA) is 70.1 Å². The van der Waals surface area contributed by atoms with Gasteiger partial charge in [-0.1, -0.05) is 29.3 Å². The molecule has 1 heterocycles. The summed E-state index contributed by atoms with van der Waals surface area (Å²) in [5.41, 5.74) is 6.02. The number of anilines is 1. The molecule has 0 atom stereocenters. The van der Waals surface area contributed by atoms with Gasteiger partial charge in [-0.3, -0.25) is 9.48 Å². The van der Waals surface area contributed by atoms with Crippen molar-refractivity contribution >= 4 is 35.0 Å². The number of ether oxygens (including phenoxy) is 1. The second-order valence-corrected chi connectivity index (χ2v) is 4.61. The Hall–Kier alpha value is -1.72. The van der Waals surface area contributed by atoms with Gasteiger partial charge in [0.25, 0.3) is 0 Å². The number of rotatable bonds is 4. The van der Waals surface area contributed by atoms with Gasteiger partial charge in [0, 0.05) is 21.8 Å². The highest BCUT2D eigenvalue weighted by Gasteiger charge is 2.10. The number of benzene rings is 1. The lowest BCUT2D eigenvalue weighted by atomic mass is 10.2. The molecule has 100 valence electrons. The van der Waals surface area contributed by atoms with Crippen molar-refractivity contribution in [2.45, 2.75) is 13.2 Å². The van der Waals surface area contributed by atoms with Crippen LogP contribution in [-0.4, -0.2) is 15.7 Å². The minimum absolute atomic E-state index is 0.0146. The minimum Gasteiger partial charge on any atom is -0.459 e. The van der Waals surface area contributed by atoms with Crippen LogP contribution in [0.4, 0.5) is 5.82 Å². The van der Waals surface area contributed by atoms with E-state index in [0.717, 1.165) is 0 Å². The molecular weight excluding hydrogens is 289 g/mol. The highest BCUT2D eigenvalue weighted by molar-refractivity contribution is 6.35. The van der Waals surface area contributed by atoms with Crippen LogP contribution in [0.25, 0.3) is 0 Å². The third-order valence-corrected chi connectivity index (χ3v) is 3.10. The third-order valence-electron chi connectivity index (χ3n) is 2.39. The Kier molecular flexibility index (Phi) is 4.29. The summed E-state index contributed by atoms with van der Waals surface area (Å²) in [5.74, 6) is -0.0963. The molecule has 2 aromatic rings. The van der Waals surface area contributed by atoms with Crippen LogP contribution in [0.1, 0.15) is 5.56 Å². The number of nitrogen functional groups attached to an aromatic ring is 1. The van der Waals surface area contributed by atoms with Crippen LogP contribution in [0.5, 0.6) is 0 Å². The molecule has 19 heavy (non-hydrogen) atoms. The van der Waals surface area contributed by atoms with E-state index in [9.17, 15) is 4.79 Å². The second kappa shape index (κ2) is 5.95. The number of carbonyl (C=O) groups excluding carboxylic acids is 1. The first-order chi connectivity index (χ1) is 9.06. The van der Waals surface area contributed by atoms with Gasteiger partial charge in [0.15, 0.2) is 0 Å². The van der Waals surface area contributed by atoms with Crippen molar-refractivity contribution in [3.8, 4) is 0 Å². The van der Waals surface area contributed by atoms with Crippen LogP contribution in [0.15, 0.2) is 30.5 Å². The summed E-state index contributed by atoms with van der Waals surface area (Å²) in [7, 11) is 0. The van der Waals surface area contributed by atoms with Crippen LogP contribution < -0.4 is 5.73 Å². The zero-order valence-electron chi connectivity index (χ0n) is 9.85. The van der Waals surface area contributed by atoms with Gasteiger partial charge in [-0.2, -0.15) is 5.10 Å². The molecule has 0 saturated heterocycles. The predicted molar refractivity (Wildman–Crippen MR) is 72.9 cm³/mol. The van der Waals surface area contributed by atoms with Gasteiger partial charge in [-0.05, 0) is 18.2 Å². The van der Waals surface area contributed by atoms with E-state index in [-0.39, 0.29) is 13.2 Å². The standard InChI is InChI=1S/C12H11Cl2N3O2/c13-9-2-1-3-10(14)8(9)7-19-12(18)6-17-5-4-11(15)16-17/h1-5H,6-7H2,(H2,15,16). The molecule has 1 aromatic carbocycles. The lowest BCUT2D eigenvalue weighted by molar-refractivity contribution is -0.145. The molecule has 0 aliphatic rings. The van der Waals surface area contributed by atoms with E-state index in [1.54, 1.807) is 30.5 Å². The van der Waals surface area contributed by atoms with Crippen molar-refractivity contribution in [1.82, 2.24) is 9.78 Å². The van der Waals surface area contributed by atoms with Gasteiger partial charge in [0.2, 0.25) is 0 Å². The van der Waals surface area contributed by atoms with Gasteiger partial charge in [-0.15, -0.1) is 0 Å². The molecule has 0 aliphatic carbocycles. The largest absolute Gasteiger partial charge is 0.459 e. The quantitative estimate of drug-likeness (QED) is 0.881. The Balaban J connectivity index is 1.93. The van der Waals surface area contributed by atoms with Crippen molar-refractivity contribution in [1.29, 1.82) is 0 Å². The van der Waals surface area contributed by atoms with Gasteiger partial charge in [-0.25, -0.2) is 0 Å². The Morgan fingerprint density at radius 2 is 2.00 bits per heavy atom. The molecule has 0 unspecified atom stereocenters. The number of aromatic nitrogens is 2. The zero-order valence-corrected chi connectivity index (χ0v) is 11.4. The maximum atomic E-state index is 11.6. The number of hydrogen-bond donors (Lipinski definition) is 1. The summed E-state index contributed by atoms with van der Waals surface area (Å²) in [4.78, 5) is 11.6. The van der Waals surface area contributed by atoms with E-state index in [1.165, 1.54) is 4.68 Å². The predicted octanol–water partition coefficient (Wildman–Crippen LogP) is 2.52. The fourth-order valence-electron chi connectivity index (χ4n) is 1.47. The smallest absolute Gasteiger partial charge is 0.328 e. The maximum Gasteiger partial charge on any atom is 0.328 e. The SMILES string of the molecule is Nc1ccn(CC(=O)OCc2c(Cl)cccc2Cl)n1. The summed E-state index contributed by atoms with van der Waals surface area (Å²) < 4.78 is 6.49. The fourth-order valence-corrected chi connectivity index (χ4v) is 1.97. The summed E-state index contributed by atoms with van der Waals surface area (Å²) in [6.07, 6.45) is 1.60. The van der Waals surface area contributed by atoms with E-state index in [1.807, 2.05) is 0 Å². The number of halogens is 2. The molecule has 2 N–H and O–H groups in total. The number of nitrogens with two attached hydrogens (primary N) is 1. The van der Waals surface area contributed by atoms with Gasteiger partial charge >= 0.3 is 5.97 Å². The Morgan fingerprint density at radius 3 is 2.58 bits per heavy atom. The Bertz CT molecular complexity index is 578. The average molecular weight is 300 g/mol. The molecule has 0 radical (unpaired) electrons. The summed E-state index contributed by atoms with van der Waals surface area (Å²) in [5, 5.41) is 4.81. The molecule has 0 amide bonds. The van der Waals surface area contributed by atoms with Crippen LogP contribution in [0, 0.1) is 0 Å². The number of hydrogen-bond acceptors (Lipinski definition) is 4. The van der Waals surface area contributed by atoms with Crippen molar-refractivity contribution in [3.05, 3.63) is 46.1 Å². The van der Waals surface area contributed by atoms with Gasteiger partial charge in [0.05, 0.1) is 0 Å². The number of nitrogens with zero attached hydrogens (tertiary/aromatic N) is 2. The fraction of sp³-hybridized carbons (Fsp3) is 0.167. The Labute approximate surface area is 119 Å². The van der Waals surface area contributed by atoms with Crippen molar-refractivity contribution in [2.24, 2.45) is 0 Å². The molecule has 0 bridgehead atoms. The maximum absolute atomic E-state index is 11.6. The molecule has 0 saturated carbocycles. The lowest BCUT2D eigenvalue weighted by Crippen LogP contribution is -2.14. The molecule has 0 fully saturated rings. The van der Waals surface area contributed by atoms with E-state index in [0.29, 0.717) is 21.4 Å². The molecule has 0 aliphatic heterocycles. The van der Waals surface area contributed by atoms with Crippen molar-refractivity contribution in [2.75, 3.05) is 5.73 Å². The molecule has 1 aromatic heterocycles. The summed E-state index contributed by atoms with van der Waals surface area (Å²) in [6.45, 7) is 0.00730. The molecule has 5 nitrogen and oxygen atoms in total. The van der Waals surface area contributed by atoms with Gasteiger partial charge in [0.1, 0.15) is 19.0 Å². The third kappa shape index (κ3) is 3.62. The van der Waals surface area contributed by atoms with E-state index in [2.05, 4.69) is 5.10 Å². The molecule has 0 spiro atoms. The first kappa shape index (κ1) is 13.7. The number of carbonyl (C=O) groups is 1. The Morgan fingerprint density at radius 1 is 1.32 bits per heavy atom. The first-order valence-corrected chi connectivity index (χ1v) is 6.19. The van der Waals surface area contributed by atoms with E-state index in [4.69, 9.17) is 33.7 Å². The van der Waals surface area contributed by atoms with Crippen LogP contribution in [0.2, 0.25) is 10.0 Å². The van der Waals surface area contributed by atoms with Crippen molar-refractivity contribution in [3.63, 3.8) is 0 Å². The minimum atomic E-state index is -0.445. The van der Waals surface area contributed by atoms with Crippen LogP contribution in [0.3, 0.4) is 0 Å². The number of esters is 1. The normalized spacial score (nSPS) is 10.4. The molecule has 2 rings (SSSR count). The van der Waals surface area contributed by atoms with E-state index >= 15 is 0 Å². The van der Waals surface area contributed by atoms with Crippen LogP contribution in [-0.2, 0) is 22.7 Å². The zero-order chi connectivity index (χ0) is 13.8. The lowest BCUT2D eigenvalue weighted by Gasteiger charge is -2.08. The van der Waals surface area contributed by atoms with Gasteiger partial charge < -0.3 is 10.5 Å². The average Bonchev–Trinajstić information content (AvgIpc) is 2.74. The molecule has 7 heteroatoms. The summed E-state index contributed by atoms with van der Waals surface area (Å²) >= 11 is 11.9. The highest BCUT2D eigenvalue weighted by Crippen LogP contribution is 2.24. The van der Waals surface area contributed by atoms with E-state index < -0.39 is 5.97 Å². The van der Waals surface area contributed by atoms with Crippen LogP contribution >= 0.6 is 23.2 Å². The monoisotopic (exact) mass is 299 g/mol.